The SMILES string of the molecule is CCCCCCc1ccc(-c2ccc(C(=O)NC(CS)C(N)=O)cc2)cc1. The van der Waals surface area contributed by atoms with Crippen LogP contribution in [0.1, 0.15) is 48.5 Å². The number of carbonyl (C=O) groups excluding carboxylic acids is 2. The minimum absolute atomic E-state index is 0.171. The van der Waals surface area contributed by atoms with Gasteiger partial charge in [0.15, 0.2) is 0 Å². The lowest BCUT2D eigenvalue weighted by Gasteiger charge is -2.13. The molecule has 2 amide bonds. The Bertz CT molecular complexity index is 742. The van der Waals surface area contributed by atoms with E-state index in [0.29, 0.717) is 5.56 Å². The molecule has 0 heterocycles. The first-order chi connectivity index (χ1) is 13.0. The molecule has 0 aliphatic carbocycles. The second-order valence-electron chi connectivity index (χ2n) is 6.70. The van der Waals surface area contributed by atoms with E-state index in [0.717, 1.165) is 17.5 Å². The Morgan fingerprint density at radius 1 is 0.963 bits per heavy atom. The topological polar surface area (TPSA) is 72.2 Å². The Kier molecular flexibility index (Phi) is 8.40. The number of benzene rings is 2. The van der Waals surface area contributed by atoms with Gasteiger partial charge in [0.05, 0.1) is 0 Å². The highest BCUT2D eigenvalue weighted by Crippen LogP contribution is 2.21. The molecule has 0 fully saturated rings. The number of primary amides is 1. The van der Waals surface area contributed by atoms with Crippen LogP contribution in [0, 0.1) is 0 Å². The Labute approximate surface area is 167 Å². The van der Waals surface area contributed by atoms with Crippen LogP contribution in [0.5, 0.6) is 0 Å². The zero-order chi connectivity index (χ0) is 19.6. The van der Waals surface area contributed by atoms with E-state index in [9.17, 15) is 9.59 Å². The van der Waals surface area contributed by atoms with Crippen molar-refractivity contribution in [3.8, 4) is 11.1 Å². The molecular weight excluding hydrogens is 356 g/mol. The molecule has 3 N–H and O–H groups in total. The van der Waals surface area contributed by atoms with Gasteiger partial charge in [0.1, 0.15) is 6.04 Å². The largest absolute Gasteiger partial charge is 0.368 e. The van der Waals surface area contributed by atoms with Gasteiger partial charge in [-0.3, -0.25) is 9.59 Å². The molecule has 0 aliphatic heterocycles. The van der Waals surface area contributed by atoms with E-state index in [1.807, 2.05) is 12.1 Å². The first-order valence-corrected chi connectivity index (χ1v) is 10.1. The van der Waals surface area contributed by atoms with E-state index in [1.165, 1.54) is 31.2 Å². The molecule has 0 radical (unpaired) electrons. The maximum atomic E-state index is 12.2. The van der Waals surface area contributed by atoms with E-state index < -0.39 is 11.9 Å². The highest BCUT2D eigenvalue weighted by Gasteiger charge is 2.17. The van der Waals surface area contributed by atoms with E-state index in [-0.39, 0.29) is 11.7 Å². The number of aryl methyl sites for hydroxylation is 1. The van der Waals surface area contributed by atoms with E-state index in [2.05, 4.69) is 49.1 Å². The van der Waals surface area contributed by atoms with Crippen LogP contribution < -0.4 is 11.1 Å². The minimum atomic E-state index is -0.773. The molecule has 4 nitrogen and oxygen atoms in total. The summed E-state index contributed by atoms with van der Waals surface area (Å²) >= 11 is 4.03. The van der Waals surface area contributed by atoms with Crippen molar-refractivity contribution in [3.63, 3.8) is 0 Å². The number of nitrogens with one attached hydrogen (secondary N) is 1. The number of thiol groups is 1. The molecule has 144 valence electrons. The zero-order valence-corrected chi connectivity index (χ0v) is 16.7. The molecule has 0 aliphatic rings. The van der Waals surface area contributed by atoms with Crippen LogP contribution in [-0.4, -0.2) is 23.6 Å². The number of rotatable bonds is 10. The number of carbonyl (C=O) groups is 2. The molecule has 0 bridgehead atoms. The fourth-order valence-corrected chi connectivity index (χ4v) is 3.15. The van der Waals surface area contributed by atoms with E-state index >= 15 is 0 Å². The van der Waals surface area contributed by atoms with Gasteiger partial charge in [-0.1, -0.05) is 62.6 Å². The molecule has 1 atom stereocenters. The number of amides is 2. The lowest BCUT2D eigenvalue weighted by molar-refractivity contribution is -0.119. The smallest absolute Gasteiger partial charge is 0.251 e. The Morgan fingerprint density at radius 2 is 1.56 bits per heavy atom. The Hall–Kier alpha value is -2.27. The van der Waals surface area contributed by atoms with E-state index in [1.54, 1.807) is 12.1 Å². The maximum absolute atomic E-state index is 12.2. The zero-order valence-electron chi connectivity index (χ0n) is 15.8. The first kappa shape index (κ1) is 21.0. The second-order valence-corrected chi connectivity index (χ2v) is 7.06. The van der Waals surface area contributed by atoms with Gasteiger partial charge in [0.25, 0.3) is 5.91 Å². The predicted molar refractivity (Wildman–Crippen MR) is 114 cm³/mol. The maximum Gasteiger partial charge on any atom is 0.251 e. The lowest BCUT2D eigenvalue weighted by atomic mass is 10.00. The summed E-state index contributed by atoms with van der Waals surface area (Å²) in [4.78, 5) is 23.4. The normalized spacial score (nSPS) is 11.8. The quantitative estimate of drug-likeness (QED) is 0.428. The Morgan fingerprint density at radius 3 is 2.07 bits per heavy atom. The van der Waals surface area contributed by atoms with Gasteiger partial charge in [-0.25, -0.2) is 0 Å². The number of nitrogens with two attached hydrogens (primary N) is 1. The number of hydrogen-bond acceptors (Lipinski definition) is 3. The molecule has 2 aromatic carbocycles. The van der Waals surface area contributed by atoms with Crippen molar-refractivity contribution in [1.82, 2.24) is 5.32 Å². The summed E-state index contributed by atoms with van der Waals surface area (Å²) in [5.41, 5.74) is 9.23. The van der Waals surface area contributed by atoms with Crippen LogP contribution in [0.15, 0.2) is 48.5 Å². The Balaban J connectivity index is 1.98. The lowest BCUT2D eigenvalue weighted by Crippen LogP contribution is -2.45. The van der Waals surface area contributed by atoms with Crippen LogP contribution in [0.25, 0.3) is 11.1 Å². The van der Waals surface area contributed by atoms with Gasteiger partial charge in [-0.2, -0.15) is 12.6 Å². The number of unbranched alkanes of at least 4 members (excludes halogenated alkanes) is 3. The molecule has 1 unspecified atom stereocenters. The summed E-state index contributed by atoms with van der Waals surface area (Å²) in [6, 6.07) is 15.1. The fourth-order valence-electron chi connectivity index (χ4n) is 2.88. The van der Waals surface area contributed by atoms with Crippen LogP contribution in [0.4, 0.5) is 0 Å². The van der Waals surface area contributed by atoms with Gasteiger partial charge < -0.3 is 11.1 Å². The molecule has 0 spiro atoms. The van der Waals surface area contributed by atoms with E-state index in [4.69, 9.17) is 5.73 Å². The van der Waals surface area contributed by atoms with Crippen molar-refractivity contribution in [2.75, 3.05) is 5.75 Å². The monoisotopic (exact) mass is 384 g/mol. The first-order valence-electron chi connectivity index (χ1n) is 9.45. The molecule has 0 saturated heterocycles. The van der Waals surface area contributed by atoms with Crippen LogP contribution in [0.3, 0.4) is 0 Å². The van der Waals surface area contributed by atoms with Crippen molar-refractivity contribution in [2.45, 2.75) is 45.1 Å². The summed E-state index contributed by atoms with van der Waals surface area (Å²) in [7, 11) is 0. The molecule has 27 heavy (non-hydrogen) atoms. The second kappa shape index (κ2) is 10.8. The third-order valence-electron chi connectivity index (χ3n) is 4.58. The number of hydrogen-bond donors (Lipinski definition) is 3. The van der Waals surface area contributed by atoms with Crippen molar-refractivity contribution in [3.05, 3.63) is 59.7 Å². The molecule has 2 aromatic rings. The van der Waals surface area contributed by atoms with Crippen molar-refractivity contribution in [1.29, 1.82) is 0 Å². The molecule has 2 rings (SSSR count). The molecular formula is C22H28N2O2S. The third kappa shape index (κ3) is 6.43. The average Bonchev–Trinajstić information content (AvgIpc) is 2.69. The van der Waals surface area contributed by atoms with Gasteiger partial charge >= 0.3 is 0 Å². The van der Waals surface area contributed by atoms with Gasteiger partial charge in [-0.05, 0) is 41.7 Å². The summed E-state index contributed by atoms with van der Waals surface area (Å²) in [5, 5.41) is 2.59. The fraction of sp³-hybridized carbons (Fsp3) is 0.364. The van der Waals surface area contributed by atoms with Crippen molar-refractivity contribution in [2.24, 2.45) is 5.73 Å². The summed E-state index contributed by atoms with van der Waals surface area (Å²) in [5.74, 6) is -0.754. The minimum Gasteiger partial charge on any atom is -0.368 e. The standard InChI is InChI=1S/C22H28N2O2S/c1-2-3-4-5-6-16-7-9-17(10-8-16)18-11-13-19(14-12-18)22(26)24-20(15-27)21(23)25/h7-14,20,27H,2-6,15H2,1H3,(H2,23,25)(H,24,26). The highest BCUT2D eigenvalue weighted by atomic mass is 32.1. The molecule has 5 heteroatoms. The van der Waals surface area contributed by atoms with Gasteiger partial charge in [-0.15, -0.1) is 0 Å². The van der Waals surface area contributed by atoms with Gasteiger partial charge in [0, 0.05) is 11.3 Å². The highest BCUT2D eigenvalue weighted by molar-refractivity contribution is 7.80. The molecule has 0 saturated carbocycles. The average molecular weight is 385 g/mol. The summed E-state index contributed by atoms with van der Waals surface area (Å²) < 4.78 is 0. The van der Waals surface area contributed by atoms with Gasteiger partial charge in [0.2, 0.25) is 5.91 Å². The van der Waals surface area contributed by atoms with Crippen LogP contribution in [-0.2, 0) is 11.2 Å². The van der Waals surface area contributed by atoms with Crippen LogP contribution in [0.2, 0.25) is 0 Å². The van der Waals surface area contributed by atoms with Crippen molar-refractivity contribution < 1.29 is 9.59 Å². The summed E-state index contributed by atoms with van der Waals surface area (Å²) in [6.45, 7) is 2.22. The molecule has 0 aromatic heterocycles. The third-order valence-corrected chi connectivity index (χ3v) is 4.95. The van der Waals surface area contributed by atoms with Crippen molar-refractivity contribution >= 4 is 24.4 Å². The summed E-state index contributed by atoms with van der Waals surface area (Å²) in [6.07, 6.45) is 6.18. The predicted octanol–water partition coefficient (Wildman–Crippen LogP) is 3.99. The van der Waals surface area contributed by atoms with Crippen LogP contribution >= 0.6 is 12.6 Å².